The van der Waals surface area contributed by atoms with E-state index in [1.165, 1.54) is 0 Å². The lowest BCUT2D eigenvalue weighted by molar-refractivity contribution is -0.144. The van der Waals surface area contributed by atoms with Crippen molar-refractivity contribution >= 4 is 28.3 Å². The topological polar surface area (TPSA) is 49.4 Å². The SMILES string of the molecule is O=C(Nc1ccc2ccccc2c1)C(=O)N(Cc1ccccc1)Cc1ccccc1. The van der Waals surface area contributed by atoms with Gasteiger partial charge in [0.1, 0.15) is 0 Å². The molecule has 0 saturated heterocycles. The number of anilines is 1. The minimum absolute atomic E-state index is 0.361. The Morgan fingerprint density at radius 3 is 1.77 bits per heavy atom. The Labute approximate surface area is 175 Å². The molecule has 4 rings (SSSR count). The van der Waals surface area contributed by atoms with Crippen molar-refractivity contribution in [3.8, 4) is 0 Å². The van der Waals surface area contributed by atoms with E-state index in [9.17, 15) is 9.59 Å². The van der Waals surface area contributed by atoms with Gasteiger partial charge in [-0.3, -0.25) is 9.59 Å². The molecule has 1 N–H and O–H groups in total. The average Bonchev–Trinajstić information content (AvgIpc) is 2.79. The number of hydrogen-bond donors (Lipinski definition) is 1. The second-order valence-corrected chi connectivity index (χ2v) is 7.15. The zero-order valence-electron chi connectivity index (χ0n) is 16.5. The first-order chi connectivity index (χ1) is 14.7. The van der Waals surface area contributed by atoms with Gasteiger partial charge in [-0.1, -0.05) is 91.0 Å². The van der Waals surface area contributed by atoms with Gasteiger partial charge in [-0.25, -0.2) is 0 Å². The zero-order valence-corrected chi connectivity index (χ0v) is 16.5. The lowest BCUT2D eigenvalue weighted by atomic mass is 10.1. The minimum atomic E-state index is -0.642. The van der Waals surface area contributed by atoms with E-state index in [1.807, 2.05) is 103 Å². The molecule has 0 saturated carbocycles. The molecule has 148 valence electrons. The number of hydrogen-bond acceptors (Lipinski definition) is 2. The molecule has 2 amide bonds. The lowest BCUT2D eigenvalue weighted by Crippen LogP contribution is -2.38. The first kappa shape index (κ1) is 19.4. The Balaban J connectivity index is 1.53. The summed E-state index contributed by atoms with van der Waals surface area (Å²) in [6.07, 6.45) is 0. The molecular formula is C26H22N2O2. The Bertz CT molecular complexity index is 1120. The fourth-order valence-corrected chi connectivity index (χ4v) is 3.40. The van der Waals surface area contributed by atoms with Crippen molar-refractivity contribution in [1.29, 1.82) is 0 Å². The van der Waals surface area contributed by atoms with Crippen LogP contribution in [0.15, 0.2) is 103 Å². The van der Waals surface area contributed by atoms with Crippen LogP contribution in [0.1, 0.15) is 11.1 Å². The number of carbonyl (C=O) groups is 2. The fraction of sp³-hybridized carbons (Fsp3) is 0.0769. The van der Waals surface area contributed by atoms with Crippen LogP contribution < -0.4 is 5.32 Å². The number of carbonyl (C=O) groups excluding carboxylic acids is 2. The maximum Gasteiger partial charge on any atom is 0.313 e. The van der Waals surface area contributed by atoms with E-state index in [0.29, 0.717) is 18.8 Å². The third-order valence-corrected chi connectivity index (χ3v) is 4.92. The summed E-state index contributed by atoms with van der Waals surface area (Å²) in [4.78, 5) is 27.4. The maximum absolute atomic E-state index is 13.0. The molecule has 4 aromatic rings. The molecule has 4 aromatic carbocycles. The predicted molar refractivity (Wildman–Crippen MR) is 120 cm³/mol. The summed E-state index contributed by atoms with van der Waals surface area (Å²) in [5.41, 5.74) is 2.55. The molecule has 0 atom stereocenters. The monoisotopic (exact) mass is 394 g/mol. The third-order valence-electron chi connectivity index (χ3n) is 4.92. The number of rotatable bonds is 5. The molecule has 0 aromatic heterocycles. The number of nitrogens with zero attached hydrogens (tertiary/aromatic N) is 1. The van der Waals surface area contributed by atoms with Gasteiger partial charge in [0.15, 0.2) is 0 Å². The lowest BCUT2D eigenvalue weighted by Gasteiger charge is -2.22. The van der Waals surface area contributed by atoms with E-state index < -0.39 is 11.8 Å². The summed E-state index contributed by atoms with van der Waals surface area (Å²) in [5, 5.41) is 4.84. The molecule has 4 nitrogen and oxygen atoms in total. The number of amides is 2. The normalized spacial score (nSPS) is 10.5. The van der Waals surface area contributed by atoms with Crippen molar-refractivity contribution < 1.29 is 9.59 Å². The Morgan fingerprint density at radius 2 is 1.17 bits per heavy atom. The van der Waals surface area contributed by atoms with Crippen LogP contribution in [0.2, 0.25) is 0 Å². The summed E-state index contributed by atoms with van der Waals surface area (Å²) in [6.45, 7) is 0.722. The highest BCUT2D eigenvalue weighted by molar-refractivity contribution is 6.39. The van der Waals surface area contributed by atoms with Crippen LogP contribution in [0.5, 0.6) is 0 Å². The van der Waals surface area contributed by atoms with Gasteiger partial charge in [0.25, 0.3) is 0 Å². The van der Waals surface area contributed by atoms with E-state index in [-0.39, 0.29) is 0 Å². The van der Waals surface area contributed by atoms with E-state index in [0.717, 1.165) is 21.9 Å². The third kappa shape index (κ3) is 4.73. The molecule has 0 bridgehead atoms. The summed E-state index contributed by atoms with van der Waals surface area (Å²) in [7, 11) is 0. The van der Waals surface area contributed by atoms with Gasteiger partial charge >= 0.3 is 11.8 Å². The fourth-order valence-electron chi connectivity index (χ4n) is 3.40. The predicted octanol–water partition coefficient (Wildman–Crippen LogP) is 5.01. The van der Waals surface area contributed by atoms with Gasteiger partial charge in [-0.15, -0.1) is 0 Å². The molecule has 4 heteroatoms. The molecule has 0 radical (unpaired) electrons. The summed E-state index contributed by atoms with van der Waals surface area (Å²) in [5.74, 6) is -1.20. The maximum atomic E-state index is 13.0. The van der Waals surface area contributed by atoms with Gasteiger partial charge < -0.3 is 10.2 Å². The summed E-state index contributed by atoms with van der Waals surface area (Å²) >= 11 is 0. The van der Waals surface area contributed by atoms with Crippen molar-refractivity contribution in [2.24, 2.45) is 0 Å². The standard InChI is InChI=1S/C26H22N2O2/c29-25(27-24-16-15-22-13-7-8-14-23(22)17-24)26(30)28(18-20-9-3-1-4-10-20)19-21-11-5-2-6-12-21/h1-17H,18-19H2,(H,27,29). The Hall–Kier alpha value is -3.92. The van der Waals surface area contributed by atoms with Gasteiger partial charge in [0.05, 0.1) is 0 Å². The quantitative estimate of drug-likeness (QED) is 0.484. The van der Waals surface area contributed by atoms with Gasteiger partial charge in [0, 0.05) is 18.8 Å². The van der Waals surface area contributed by atoms with Crippen LogP contribution in [0, 0.1) is 0 Å². The molecule has 0 spiro atoms. The van der Waals surface area contributed by atoms with Gasteiger partial charge in [-0.2, -0.15) is 0 Å². The van der Waals surface area contributed by atoms with E-state index in [2.05, 4.69) is 5.32 Å². The number of nitrogens with one attached hydrogen (secondary N) is 1. The van der Waals surface area contributed by atoms with Gasteiger partial charge in [0.2, 0.25) is 0 Å². The first-order valence-electron chi connectivity index (χ1n) is 9.86. The molecule has 0 aliphatic heterocycles. The second kappa shape index (κ2) is 9.05. The van der Waals surface area contributed by atoms with Crippen LogP contribution in [0.4, 0.5) is 5.69 Å². The van der Waals surface area contributed by atoms with Crippen LogP contribution in [0.25, 0.3) is 10.8 Å². The molecule has 30 heavy (non-hydrogen) atoms. The largest absolute Gasteiger partial charge is 0.326 e. The van der Waals surface area contributed by atoms with E-state index in [1.54, 1.807) is 4.90 Å². The van der Waals surface area contributed by atoms with Gasteiger partial charge in [-0.05, 0) is 34.0 Å². The van der Waals surface area contributed by atoms with E-state index >= 15 is 0 Å². The highest BCUT2D eigenvalue weighted by Gasteiger charge is 2.22. The average molecular weight is 394 g/mol. The minimum Gasteiger partial charge on any atom is -0.326 e. The first-order valence-corrected chi connectivity index (χ1v) is 9.86. The van der Waals surface area contributed by atoms with Crippen LogP contribution in [-0.4, -0.2) is 16.7 Å². The molecule has 0 heterocycles. The molecule has 0 aliphatic carbocycles. The highest BCUT2D eigenvalue weighted by Crippen LogP contribution is 2.19. The van der Waals surface area contributed by atoms with Crippen molar-refractivity contribution in [3.63, 3.8) is 0 Å². The van der Waals surface area contributed by atoms with Crippen molar-refractivity contribution in [2.45, 2.75) is 13.1 Å². The zero-order chi connectivity index (χ0) is 20.8. The number of fused-ring (bicyclic) bond motifs is 1. The van der Waals surface area contributed by atoms with Crippen molar-refractivity contribution in [1.82, 2.24) is 4.90 Å². The molecule has 0 aliphatic rings. The number of benzene rings is 4. The highest BCUT2D eigenvalue weighted by atomic mass is 16.2. The van der Waals surface area contributed by atoms with Crippen molar-refractivity contribution in [3.05, 3.63) is 114 Å². The summed E-state index contributed by atoms with van der Waals surface area (Å²) in [6, 6.07) is 32.9. The van der Waals surface area contributed by atoms with Crippen LogP contribution >= 0.6 is 0 Å². The van der Waals surface area contributed by atoms with Crippen LogP contribution in [0.3, 0.4) is 0 Å². The van der Waals surface area contributed by atoms with E-state index in [4.69, 9.17) is 0 Å². The smallest absolute Gasteiger partial charge is 0.313 e. The Morgan fingerprint density at radius 1 is 0.633 bits per heavy atom. The molecule has 0 fully saturated rings. The summed E-state index contributed by atoms with van der Waals surface area (Å²) < 4.78 is 0. The molecule has 0 unspecified atom stereocenters. The second-order valence-electron chi connectivity index (χ2n) is 7.15. The molecular weight excluding hydrogens is 372 g/mol. The Kier molecular flexibility index (Phi) is 5.85. The van der Waals surface area contributed by atoms with Crippen molar-refractivity contribution in [2.75, 3.05) is 5.32 Å². The van der Waals surface area contributed by atoms with Crippen LogP contribution in [-0.2, 0) is 22.7 Å².